The van der Waals surface area contributed by atoms with Crippen molar-refractivity contribution in [2.75, 3.05) is 13.2 Å². The predicted molar refractivity (Wildman–Crippen MR) is 380 cm³/mol. The lowest BCUT2D eigenvalue weighted by Crippen LogP contribution is -2.45. The summed E-state index contributed by atoms with van der Waals surface area (Å²) < 4.78 is 5.48. The molecule has 6 heteroatoms. The van der Waals surface area contributed by atoms with Crippen LogP contribution in [0.3, 0.4) is 0 Å². The SMILES string of the molecule is CCCCCC/C=C\CCCCCCCC(=O)OCCCCCCCCCCCCCC/C=C\CCCCCCCCCCCCCCCCCCC(=O)NC(CO)C(O)CCCCCCCCCCCCCCCCCCCCCCCCCC. The first-order valence-corrected chi connectivity index (χ1v) is 39.6. The molecule has 0 rings (SSSR count). The summed E-state index contributed by atoms with van der Waals surface area (Å²) >= 11 is 0. The standard InChI is InChI=1S/C80H155NO5/c1-3-5-7-9-11-13-15-17-18-19-20-21-22-33-36-39-42-45-49-52-56-60-64-68-72-78(83)77(76-82)81-79(84)73-69-65-61-57-53-50-46-43-40-37-34-31-29-27-25-23-24-26-28-30-32-35-38-41-44-47-51-55-59-63-67-71-75-86-80(85)74-70-66-62-58-54-48-16-14-12-10-8-6-4-2/h14,16,26,28,77-78,82-83H,3-13,15,17-25,27,29-76H2,1-2H3,(H,81,84)/b16-14-,28-26-. The molecule has 6 nitrogen and oxygen atoms in total. The molecule has 86 heavy (non-hydrogen) atoms. The number of amides is 1. The van der Waals surface area contributed by atoms with E-state index in [4.69, 9.17) is 4.74 Å². The van der Waals surface area contributed by atoms with Crippen LogP contribution >= 0.6 is 0 Å². The number of unbranched alkanes of at least 4 members (excludes halogenated alkanes) is 60. The Morgan fingerprint density at radius 3 is 0.837 bits per heavy atom. The quantitative estimate of drug-likeness (QED) is 0.0320. The molecule has 0 aromatic carbocycles. The summed E-state index contributed by atoms with van der Waals surface area (Å²) in [6, 6.07) is -0.541. The highest BCUT2D eigenvalue weighted by atomic mass is 16.5. The molecule has 3 N–H and O–H groups in total. The minimum atomic E-state index is -0.664. The Kier molecular flexibility index (Phi) is 74.3. The van der Waals surface area contributed by atoms with Crippen LogP contribution in [-0.2, 0) is 14.3 Å². The van der Waals surface area contributed by atoms with Crippen molar-refractivity contribution in [2.24, 2.45) is 0 Å². The summed E-state index contributed by atoms with van der Waals surface area (Å²) in [6.07, 6.45) is 97.0. The molecule has 1 amide bonds. The second-order valence-corrected chi connectivity index (χ2v) is 27.4. The van der Waals surface area contributed by atoms with E-state index in [1.54, 1.807) is 0 Å². The molecule has 0 saturated carbocycles. The molecule has 2 atom stereocenters. The number of aliphatic hydroxyl groups is 2. The Morgan fingerprint density at radius 1 is 0.314 bits per heavy atom. The smallest absolute Gasteiger partial charge is 0.305 e. The lowest BCUT2D eigenvalue weighted by molar-refractivity contribution is -0.143. The van der Waals surface area contributed by atoms with Gasteiger partial charge in [-0.15, -0.1) is 0 Å². The number of ether oxygens (including phenoxy) is 1. The number of hydrogen-bond acceptors (Lipinski definition) is 5. The molecular formula is C80H155NO5. The van der Waals surface area contributed by atoms with Crippen molar-refractivity contribution in [1.29, 1.82) is 0 Å². The van der Waals surface area contributed by atoms with Gasteiger partial charge in [0.2, 0.25) is 5.91 Å². The molecule has 0 aliphatic heterocycles. The van der Waals surface area contributed by atoms with Gasteiger partial charge in [0.15, 0.2) is 0 Å². The largest absolute Gasteiger partial charge is 0.466 e. The topological polar surface area (TPSA) is 95.9 Å². The molecule has 510 valence electrons. The van der Waals surface area contributed by atoms with E-state index in [9.17, 15) is 19.8 Å². The molecule has 0 aliphatic carbocycles. The van der Waals surface area contributed by atoms with Crippen LogP contribution in [0.25, 0.3) is 0 Å². The van der Waals surface area contributed by atoms with Crippen LogP contribution in [-0.4, -0.2) is 47.4 Å². The number of carbonyl (C=O) groups excluding carboxylic acids is 2. The summed E-state index contributed by atoms with van der Waals surface area (Å²) in [4.78, 5) is 24.6. The van der Waals surface area contributed by atoms with E-state index in [2.05, 4.69) is 43.5 Å². The average Bonchev–Trinajstić information content (AvgIpc) is 3.54. The van der Waals surface area contributed by atoms with Crippen molar-refractivity contribution in [3.05, 3.63) is 24.3 Å². The summed E-state index contributed by atoms with van der Waals surface area (Å²) in [6.45, 7) is 4.99. The van der Waals surface area contributed by atoms with Crippen LogP contribution in [0.4, 0.5) is 0 Å². The third-order valence-electron chi connectivity index (χ3n) is 18.7. The summed E-state index contributed by atoms with van der Waals surface area (Å²) in [5.41, 5.74) is 0. The molecule has 0 fully saturated rings. The Morgan fingerprint density at radius 2 is 0.547 bits per heavy atom. The zero-order valence-electron chi connectivity index (χ0n) is 58.6. The number of rotatable bonds is 75. The summed E-state index contributed by atoms with van der Waals surface area (Å²) in [5.74, 6) is -0.0168. The van der Waals surface area contributed by atoms with Gasteiger partial charge in [0.1, 0.15) is 0 Å². The lowest BCUT2D eigenvalue weighted by atomic mass is 10.0. The first-order valence-electron chi connectivity index (χ1n) is 39.6. The predicted octanol–water partition coefficient (Wildman–Crippen LogP) is 26.0. The monoisotopic (exact) mass is 1210 g/mol. The summed E-state index contributed by atoms with van der Waals surface area (Å²) in [5, 5.41) is 23.5. The Bertz CT molecular complexity index is 1350. The highest BCUT2D eigenvalue weighted by Gasteiger charge is 2.20. The van der Waals surface area contributed by atoms with Gasteiger partial charge in [-0.2, -0.15) is 0 Å². The number of esters is 1. The van der Waals surface area contributed by atoms with Gasteiger partial charge in [-0.05, 0) is 77.0 Å². The maximum atomic E-state index is 12.6. The zero-order valence-corrected chi connectivity index (χ0v) is 58.6. The van der Waals surface area contributed by atoms with Gasteiger partial charge in [-0.3, -0.25) is 9.59 Å². The highest BCUT2D eigenvalue weighted by Crippen LogP contribution is 2.20. The summed E-state index contributed by atoms with van der Waals surface area (Å²) in [7, 11) is 0. The van der Waals surface area contributed by atoms with Crippen molar-refractivity contribution in [3.63, 3.8) is 0 Å². The van der Waals surface area contributed by atoms with E-state index in [0.717, 1.165) is 44.9 Å². The fourth-order valence-corrected chi connectivity index (χ4v) is 12.7. The molecular weight excluding hydrogens is 1050 g/mol. The van der Waals surface area contributed by atoms with E-state index in [1.165, 1.54) is 372 Å². The Hall–Kier alpha value is -1.66. The molecule has 0 aromatic heterocycles. The minimum Gasteiger partial charge on any atom is -0.466 e. The van der Waals surface area contributed by atoms with Gasteiger partial charge in [-0.1, -0.05) is 385 Å². The van der Waals surface area contributed by atoms with E-state index in [0.29, 0.717) is 25.9 Å². The third kappa shape index (κ3) is 71.4. The Balaban J connectivity index is 3.36. The fourth-order valence-electron chi connectivity index (χ4n) is 12.7. The highest BCUT2D eigenvalue weighted by molar-refractivity contribution is 5.76. The number of carbonyl (C=O) groups is 2. The lowest BCUT2D eigenvalue weighted by Gasteiger charge is -2.22. The molecule has 0 heterocycles. The van der Waals surface area contributed by atoms with Crippen LogP contribution in [0.2, 0.25) is 0 Å². The average molecular weight is 1210 g/mol. The second kappa shape index (κ2) is 75.8. The van der Waals surface area contributed by atoms with Crippen LogP contribution < -0.4 is 5.32 Å². The molecule has 0 radical (unpaired) electrons. The van der Waals surface area contributed by atoms with Gasteiger partial charge < -0.3 is 20.3 Å². The van der Waals surface area contributed by atoms with Crippen LogP contribution in [0.5, 0.6) is 0 Å². The number of nitrogens with one attached hydrogen (secondary N) is 1. The maximum absolute atomic E-state index is 12.6. The Labute approximate surface area is 539 Å². The van der Waals surface area contributed by atoms with Crippen LogP contribution in [0.15, 0.2) is 24.3 Å². The minimum absolute atomic E-state index is 0.00985. The van der Waals surface area contributed by atoms with Crippen molar-refractivity contribution in [2.45, 2.75) is 463 Å². The van der Waals surface area contributed by atoms with E-state index < -0.39 is 12.1 Å². The van der Waals surface area contributed by atoms with Gasteiger partial charge in [0.25, 0.3) is 0 Å². The van der Waals surface area contributed by atoms with Crippen molar-refractivity contribution in [3.8, 4) is 0 Å². The zero-order chi connectivity index (χ0) is 62.0. The van der Waals surface area contributed by atoms with Crippen molar-refractivity contribution in [1.82, 2.24) is 5.32 Å². The molecule has 0 bridgehead atoms. The second-order valence-electron chi connectivity index (χ2n) is 27.4. The van der Waals surface area contributed by atoms with Gasteiger partial charge in [-0.25, -0.2) is 0 Å². The fraction of sp³-hybridized carbons (Fsp3) is 0.925. The van der Waals surface area contributed by atoms with E-state index >= 15 is 0 Å². The molecule has 0 saturated heterocycles. The van der Waals surface area contributed by atoms with Gasteiger partial charge >= 0.3 is 5.97 Å². The first-order chi connectivity index (χ1) is 42.5. The molecule has 0 aromatic rings. The molecule has 2 unspecified atom stereocenters. The van der Waals surface area contributed by atoms with Gasteiger partial charge in [0.05, 0.1) is 25.4 Å². The maximum Gasteiger partial charge on any atom is 0.305 e. The van der Waals surface area contributed by atoms with Gasteiger partial charge in [0, 0.05) is 12.8 Å². The normalized spacial score (nSPS) is 12.6. The number of allylic oxidation sites excluding steroid dienone is 4. The molecule has 0 aliphatic rings. The number of hydrogen-bond donors (Lipinski definition) is 3. The molecule has 0 spiro atoms. The van der Waals surface area contributed by atoms with E-state index in [1.807, 2.05) is 0 Å². The number of aliphatic hydroxyl groups excluding tert-OH is 2. The van der Waals surface area contributed by atoms with E-state index in [-0.39, 0.29) is 18.5 Å². The van der Waals surface area contributed by atoms with Crippen LogP contribution in [0, 0.1) is 0 Å². The van der Waals surface area contributed by atoms with Crippen molar-refractivity contribution >= 4 is 11.9 Å². The first kappa shape index (κ1) is 84.3. The van der Waals surface area contributed by atoms with Crippen LogP contribution in [0.1, 0.15) is 450 Å². The third-order valence-corrected chi connectivity index (χ3v) is 18.7. The van der Waals surface area contributed by atoms with Crippen molar-refractivity contribution < 1.29 is 24.5 Å².